The molecule has 0 aliphatic rings. The Labute approximate surface area is 182 Å². The van der Waals surface area contributed by atoms with E-state index in [-0.39, 0.29) is 30.1 Å². The van der Waals surface area contributed by atoms with Gasteiger partial charge in [-0.2, -0.15) is 5.10 Å². The predicted molar refractivity (Wildman–Crippen MR) is 116 cm³/mol. The molecular formula is C21H21N5O6. The van der Waals surface area contributed by atoms with E-state index in [2.05, 4.69) is 15.7 Å². The summed E-state index contributed by atoms with van der Waals surface area (Å²) in [6, 6.07) is 14.5. The van der Waals surface area contributed by atoms with E-state index in [1.54, 1.807) is 17.7 Å². The Hall–Kier alpha value is -4.25. The van der Waals surface area contributed by atoms with E-state index in [4.69, 9.17) is 9.84 Å². The fourth-order valence-corrected chi connectivity index (χ4v) is 2.90. The lowest BCUT2D eigenvalue weighted by Gasteiger charge is -2.12. The minimum absolute atomic E-state index is 0.120. The number of hydrogen-bond acceptors (Lipinski definition) is 8. The van der Waals surface area contributed by atoms with Crippen molar-refractivity contribution in [1.29, 1.82) is 0 Å². The number of anilines is 2. The first-order valence-electron chi connectivity index (χ1n) is 9.61. The van der Waals surface area contributed by atoms with Gasteiger partial charge in [0.05, 0.1) is 28.5 Å². The number of non-ortho nitro benzene ring substituents is 1. The van der Waals surface area contributed by atoms with E-state index in [0.717, 1.165) is 11.8 Å². The molecule has 3 N–H and O–H groups in total. The molecular weight excluding hydrogens is 418 g/mol. The fourth-order valence-electron chi connectivity index (χ4n) is 2.90. The number of aliphatic hydroxyl groups is 1. The second-order valence-electron chi connectivity index (χ2n) is 6.68. The molecule has 0 saturated heterocycles. The fraction of sp³-hybridized carbons (Fsp3) is 0.190. The molecule has 0 aliphatic heterocycles. The van der Waals surface area contributed by atoms with Crippen LogP contribution in [0.2, 0.25) is 0 Å². The molecule has 0 bridgehead atoms. The Morgan fingerprint density at radius 1 is 1.19 bits per heavy atom. The molecule has 0 radical (unpaired) electrons. The zero-order chi connectivity index (χ0) is 23.1. The Kier molecular flexibility index (Phi) is 7.13. The highest BCUT2D eigenvalue weighted by atomic mass is 16.6. The summed E-state index contributed by atoms with van der Waals surface area (Å²) >= 11 is 0. The summed E-state index contributed by atoms with van der Waals surface area (Å²) in [7, 11) is 0. The first kappa shape index (κ1) is 22.4. The maximum Gasteiger partial charge on any atom is 0.341 e. The van der Waals surface area contributed by atoms with Gasteiger partial charge in [0.25, 0.3) is 11.6 Å². The van der Waals surface area contributed by atoms with Crippen molar-refractivity contribution in [2.75, 3.05) is 30.4 Å². The van der Waals surface area contributed by atoms with Gasteiger partial charge in [0.15, 0.2) is 6.61 Å². The largest absolute Gasteiger partial charge is 0.452 e. The van der Waals surface area contributed by atoms with Crippen LogP contribution < -0.4 is 10.6 Å². The molecule has 2 aromatic carbocycles. The molecule has 1 heterocycles. The van der Waals surface area contributed by atoms with Gasteiger partial charge in [-0.05, 0) is 25.1 Å². The molecule has 0 spiro atoms. The van der Waals surface area contributed by atoms with Crippen LogP contribution in [0.5, 0.6) is 0 Å². The maximum absolute atomic E-state index is 12.5. The number of ether oxygens (including phenoxy) is 1. The Morgan fingerprint density at radius 3 is 2.62 bits per heavy atom. The van der Waals surface area contributed by atoms with Crippen LogP contribution in [0.3, 0.4) is 0 Å². The van der Waals surface area contributed by atoms with Gasteiger partial charge in [0, 0.05) is 30.4 Å². The second-order valence-corrected chi connectivity index (χ2v) is 6.68. The molecule has 0 saturated carbocycles. The molecule has 0 atom stereocenters. The molecule has 1 amide bonds. The van der Waals surface area contributed by atoms with E-state index in [1.165, 1.54) is 12.1 Å². The monoisotopic (exact) mass is 439 g/mol. The number of aryl methyl sites for hydroxylation is 1. The van der Waals surface area contributed by atoms with Crippen molar-refractivity contribution in [2.45, 2.75) is 6.92 Å². The van der Waals surface area contributed by atoms with Crippen molar-refractivity contribution in [3.05, 3.63) is 76.0 Å². The third kappa shape index (κ3) is 5.46. The van der Waals surface area contributed by atoms with Gasteiger partial charge < -0.3 is 20.5 Å². The molecule has 0 fully saturated rings. The standard InChI is InChI=1S/C21H21N5O6/c1-14-11-19(25(24-14)15-5-3-2-4-6-15)23-20(28)13-32-21(29)17-12-16(26(30)31)7-8-18(17)22-9-10-27/h2-8,11-12,22,27H,9-10,13H2,1H3,(H,23,28). The van der Waals surface area contributed by atoms with Gasteiger partial charge in [0.1, 0.15) is 5.82 Å². The number of aromatic nitrogens is 2. The zero-order valence-electron chi connectivity index (χ0n) is 17.1. The van der Waals surface area contributed by atoms with E-state index >= 15 is 0 Å². The van der Waals surface area contributed by atoms with Crippen molar-refractivity contribution in [3.63, 3.8) is 0 Å². The Balaban J connectivity index is 1.70. The molecule has 1 aromatic heterocycles. The summed E-state index contributed by atoms with van der Waals surface area (Å²) in [4.78, 5) is 35.3. The van der Waals surface area contributed by atoms with Crippen LogP contribution in [-0.2, 0) is 9.53 Å². The molecule has 11 heteroatoms. The summed E-state index contributed by atoms with van der Waals surface area (Å²) in [5, 5.41) is 29.8. The Bertz CT molecular complexity index is 1130. The highest BCUT2D eigenvalue weighted by Gasteiger charge is 2.19. The molecule has 3 aromatic rings. The molecule has 166 valence electrons. The van der Waals surface area contributed by atoms with E-state index in [0.29, 0.717) is 11.5 Å². The van der Waals surface area contributed by atoms with Crippen LogP contribution in [-0.4, -0.2) is 51.4 Å². The lowest BCUT2D eigenvalue weighted by atomic mass is 10.1. The number of para-hydroxylation sites is 1. The summed E-state index contributed by atoms with van der Waals surface area (Å²) in [5.41, 5.74) is 1.23. The van der Waals surface area contributed by atoms with Gasteiger partial charge in [0.2, 0.25) is 0 Å². The number of nitrogens with zero attached hydrogens (tertiary/aromatic N) is 3. The number of hydrogen-bond donors (Lipinski definition) is 3. The normalized spacial score (nSPS) is 10.4. The van der Waals surface area contributed by atoms with Gasteiger partial charge in [-0.15, -0.1) is 0 Å². The van der Waals surface area contributed by atoms with Crippen molar-refractivity contribution in [1.82, 2.24) is 9.78 Å². The van der Waals surface area contributed by atoms with Crippen LogP contribution in [0.25, 0.3) is 5.69 Å². The number of nitro benzene ring substituents is 1. The third-order valence-corrected chi connectivity index (χ3v) is 4.30. The average Bonchev–Trinajstić information content (AvgIpc) is 3.16. The number of esters is 1. The summed E-state index contributed by atoms with van der Waals surface area (Å²) in [6.07, 6.45) is 0. The lowest BCUT2D eigenvalue weighted by Crippen LogP contribution is -2.23. The minimum Gasteiger partial charge on any atom is -0.452 e. The van der Waals surface area contributed by atoms with Crippen LogP contribution in [0.1, 0.15) is 16.1 Å². The maximum atomic E-state index is 12.5. The number of nitro groups is 1. The zero-order valence-corrected chi connectivity index (χ0v) is 17.1. The first-order valence-corrected chi connectivity index (χ1v) is 9.61. The van der Waals surface area contributed by atoms with Crippen molar-refractivity contribution in [2.24, 2.45) is 0 Å². The van der Waals surface area contributed by atoms with E-state index in [9.17, 15) is 19.7 Å². The number of aliphatic hydroxyl groups excluding tert-OH is 1. The summed E-state index contributed by atoms with van der Waals surface area (Å²) in [6.45, 7) is 1.09. The smallest absolute Gasteiger partial charge is 0.341 e. The second kappa shape index (κ2) is 10.2. The molecule has 32 heavy (non-hydrogen) atoms. The predicted octanol–water partition coefficient (Wildman–Crippen LogP) is 2.29. The molecule has 11 nitrogen and oxygen atoms in total. The Morgan fingerprint density at radius 2 is 1.94 bits per heavy atom. The van der Waals surface area contributed by atoms with Gasteiger partial charge >= 0.3 is 5.97 Å². The molecule has 0 aliphatic carbocycles. The minimum atomic E-state index is -0.919. The number of benzene rings is 2. The van der Waals surface area contributed by atoms with E-state index in [1.807, 2.05) is 30.3 Å². The number of carbonyl (C=O) groups is 2. The van der Waals surface area contributed by atoms with Crippen LogP contribution in [0, 0.1) is 17.0 Å². The van der Waals surface area contributed by atoms with E-state index < -0.39 is 23.4 Å². The van der Waals surface area contributed by atoms with Crippen molar-refractivity contribution < 1.29 is 24.4 Å². The van der Waals surface area contributed by atoms with Crippen LogP contribution in [0.15, 0.2) is 54.6 Å². The van der Waals surface area contributed by atoms with Crippen LogP contribution in [0.4, 0.5) is 17.2 Å². The summed E-state index contributed by atoms with van der Waals surface area (Å²) < 4.78 is 6.61. The highest BCUT2D eigenvalue weighted by Crippen LogP contribution is 2.23. The van der Waals surface area contributed by atoms with Crippen LogP contribution >= 0.6 is 0 Å². The summed E-state index contributed by atoms with van der Waals surface area (Å²) in [5.74, 6) is -1.13. The topological polar surface area (TPSA) is 149 Å². The SMILES string of the molecule is Cc1cc(NC(=O)COC(=O)c2cc([N+](=O)[O-])ccc2NCCO)n(-c2ccccc2)n1. The number of carbonyl (C=O) groups excluding carboxylic acids is 2. The quantitative estimate of drug-likeness (QED) is 0.261. The average molecular weight is 439 g/mol. The van der Waals surface area contributed by atoms with Gasteiger partial charge in [-0.25, -0.2) is 9.48 Å². The number of amides is 1. The first-order chi connectivity index (χ1) is 15.4. The van der Waals surface area contributed by atoms with Gasteiger partial charge in [-0.3, -0.25) is 14.9 Å². The third-order valence-electron chi connectivity index (χ3n) is 4.30. The molecule has 3 rings (SSSR count). The highest BCUT2D eigenvalue weighted by molar-refractivity contribution is 5.99. The van der Waals surface area contributed by atoms with Gasteiger partial charge in [-0.1, -0.05) is 18.2 Å². The van der Waals surface area contributed by atoms with Crippen molar-refractivity contribution >= 4 is 29.1 Å². The van der Waals surface area contributed by atoms with Crippen molar-refractivity contribution in [3.8, 4) is 5.69 Å². The molecule has 0 unspecified atom stereocenters. The lowest BCUT2D eigenvalue weighted by molar-refractivity contribution is -0.384. The number of rotatable bonds is 9. The number of nitrogens with one attached hydrogen (secondary N) is 2.